The fourth-order valence-corrected chi connectivity index (χ4v) is 7.94. The number of halogens is 1. The van der Waals surface area contributed by atoms with Gasteiger partial charge in [0.1, 0.15) is 5.82 Å². The van der Waals surface area contributed by atoms with Gasteiger partial charge in [-0.15, -0.1) is 0 Å². The maximum atomic E-state index is 13.9. The Morgan fingerprint density at radius 1 is 0.424 bits per heavy atom. The zero-order valence-corrected chi connectivity index (χ0v) is 32.8. The number of aromatic nitrogens is 2. The van der Waals surface area contributed by atoms with Crippen molar-refractivity contribution in [1.82, 2.24) is 9.97 Å². The number of nitrogens with zero attached hydrogens (tertiary/aromatic N) is 2. The van der Waals surface area contributed by atoms with E-state index in [0.717, 1.165) is 78.0 Å². The van der Waals surface area contributed by atoms with E-state index in [1.807, 2.05) is 54.7 Å². The summed E-state index contributed by atoms with van der Waals surface area (Å²) in [5, 5.41) is 0. The minimum Gasteiger partial charge on any atom is -0.256 e. The maximum absolute atomic E-state index is 13.9. The minimum atomic E-state index is -2.66. The van der Waals surface area contributed by atoms with E-state index in [2.05, 4.69) is 116 Å². The highest BCUT2D eigenvalue weighted by molar-refractivity contribution is 5.94. The Balaban J connectivity index is 1.18. The Hall–Kier alpha value is -7.23. The summed E-state index contributed by atoms with van der Waals surface area (Å²) in [6.45, 7) is 0.841. The number of benzene rings is 7. The summed E-state index contributed by atoms with van der Waals surface area (Å²) in [7, 11) is 0. The zero-order chi connectivity index (χ0) is 43.7. The van der Waals surface area contributed by atoms with Crippen LogP contribution in [-0.4, -0.2) is 9.97 Å². The van der Waals surface area contributed by atoms with Crippen LogP contribution in [0.1, 0.15) is 36.3 Å². The Bertz CT molecular complexity index is 3070. The van der Waals surface area contributed by atoms with Gasteiger partial charge in [-0.05, 0) is 122 Å². The highest BCUT2D eigenvalue weighted by Crippen LogP contribution is 2.43. The molecule has 9 aromatic rings. The van der Waals surface area contributed by atoms with Crippen molar-refractivity contribution in [1.29, 1.82) is 0 Å². The highest BCUT2D eigenvalue weighted by Gasteiger charge is 2.19. The van der Waals surface area contributed by atoms with Crippen molar-refractivity contribution in [3.8, 4) is 89.3 Å². The van der Waals surface area contributed by atoms with Crippen molar-refractivity contribution < 1.29 is 9.87 Å². The molecule has 0 radical (unpaired) electrons. The molecule has 2 heterocycles. The van der Waals surface area contributed by atoms with Gasteiger partial charge in [-0.25, -0.2) is 4.39 Å². The molecule has 0 aliphatic heterocycles. The van der Waals surface area contributed by atoms with E-state index in [9.17, 15) is 5.76 Å². The second-order valence-corrected chi connectivity index (χ2v) is 14.9. The molecule has 2 aromatic heterocycles. The molecule has 1 unspecified atom stereocenters. The summed E-state index contributed by atoms with van der Waals surface area (Å²) in [4.78, 5) is 9.79. The second kappa shape index (κ2) is 16.3. The third kappa shape index (κ3) is 7.76. The van der Waals surface area contributed by atoms with Crippen LogP contribution in [0.25, 0.3) is 89.3 Å². The van der Waals surface area contributed by atoms with Gasteiger partial charge in [0.05, 0.1) is 11.4 Å². The van der Waals surface area contributed by atoms with Crippen LogP contribution >= 0.6 is 0 Å². The van der Waals surface area contributed by atoms with E-state index >= 15 is 0 Å². The summed E-state index contributed by atoms with van der Waals surface area (Å²) in [5.74, 6) is -2.38. The molecule has 3 heteroatoms. The molecule has 0 fully saturated rings. The van der Waals surface area contributed by atoms with Crippen LogP contribution in [-0.2, 0) is 0 Å². The molecule has 0 bridgehead atoms. The summed E-state index contributed by atoms with van der Waals surface area (Å²) < 4.78 is 48.5. The first-order valence-electron chi connectivity index (χ1n) is 21.7. The molecule has 0 spiro atoms. The van der Waals surface area contributed by atoms with Crippen molar-refractivity contribution >= 4 is 0 Å². The molecule has 0 aliphatic rings. The van der Waals surface area contributed by atoms with Gasteiger partial charge in [0, 0.05) is 40.1 Å². The van der Waals surface area contributed by atoms with Crippen molar-refractivity contribution in [2.75, 3.05) is 0 Å². The molecule has 59 heavy (non-hydrogen) atoms. The fraction of sp³-hybridized carbons (Fsp3) is 0.0714. The van der Waals surface area contributed by atoms with E-state index in [1.54, 1.807) is 24.4 Å². The van der Waals surface area contributed by atoms with Crippen LogP contribution in [0.3, 0.4) is 0 Å². The Morgan fingerprint density at radius 3 is 1.49 bits per heavy atom. The van der Waals surface area contributed by atoms with Crippen molar-refractivity contribution in [2.45, 2.75) is 26.6 Å². The molecule has 2 nitrogen and oxygen atoms in total. The molecule has 284 valence electrons. The lowest BCUT2D eigenvalue weighted by molar-refractivity contribution is 0.628. The minimum absolute atomic E-state index is 0.304. The van der Waals surface area contributed by atoms with E-state index < -0.39 is 12.7 Å². The molecule has 0 saturated carbocycles. The molecule has 0 N–H and O–H groups in total. The zero-order valence-electron chi connectivity index (χ0n) is 36.8. The van der Waals surface area contributed by atoms with Crippen molar-refractivity contribution in [3.05, 3.63) is 217 Å². The molecule has 7 aromatic carbocycles. The third-order valence-corrected chi connectivity index (χ3v) is 10.9. The summed E-state index contributed by atoms with van der Waals surface area (Å²) >= 11 is 0. The predicted octanol–water partition coefficient (Wildman–Crippen LogP) is 15.4. The first kappa shape index (κ1) is 32.8. The second-order valence-electron chi connectivity index (χ2n) is 14.9. The highest BCUT2D eigenvalue weighted by atomic mass is 19.1. The average molecular weight is 767 g/mol. The van der Waals surface area contributed by atoms with Crippen LogP contribution in [0.2, 0.25) is 0 Å². The average Bonchev–Trinajstić information content (AvgIpc) is 3.31. The molecule has 1 atom stereocenters. The number of rotatable bonds is 9. The van der Waals surface area contributed by atoms with E-state index in [0.29, 0.717) is 22.4 Å². The van der Waals surface area contributed by atoms with Crippen LogP contribution in [0.5, 0.6) is 0 Å². The van der Waals surface area contributed by atoms with Gasteiger partial charge in [-0.3, -0.25) is 9.97 Å². The van der Waals surface area contributed by atoms with Gasteiger partial charge < -0.3 is 0 Å². The predicted molar refractivity (Wildman–Crippen MR) is 244 cm³/mol. The molecule has 0 aliphatic carbocycles. The van der Waals surface area contributed by atoms with Crippen LogP contribution in [0.4, 0.5) is 4.39 Å². The first-order valence-corrected chi connectivity index (χ1v) is 19.7. The number of pyridine rings is 2. The van der Waals surface area contributed by atoms with E-state index in [-0.39, 0.29) is 5.82 Å². The summed E-state index contributed by atoms with van der Waals surface area (Å²) in [6, 6.07) is 61.8. The monoisotopic (exact) mass is 766 g/mol. The van der Waals surface area contributed by atoms with Crippen LogP contribution in [0, 0.1) is 12.7 Å². The Kier molecular flexibility index (Phi) is 9.08. The summed E-state index contributed by atoms with van der Waals surface area (Å²) in [6.07, 6.45) is 3.64. The van der Waals surface area contributed by atoms with E-state index in [4.69, 9.17) is 14.1 Å². The van der Waals surface area contributed by atoms with Gasteiger partial charge in [0.25, 0.3) is 0 Å². The first-order chi connectivity index (χ1) is 30.4. The smallest absolute Gasteiger partial charge is 0.123 e. The van der Waals surface area contributed by atoms with Gasteiger partial charge in [-0.1, -0.05) is 159 Å². The van der Waals surface area contributed by atoms with Crippen LogP contribution in [0.15, 0.2) is 200 Å². The normalized spacial score (nSPS) is 13.4. The largest absolute Gasteiger partial charge is 0.256 e. The van der Waals surface area contributed by atoms with Gasteiger partial charge >= 0.3 is 0 Å². The van der Waals surface area contributed by atoms with Crippen molar-refractivity contribution in [3.63, 3.8) is 0 Å². The topological polar surface area (TPSA) is 25.8 Å². The molecular weight excluding hydrogens is 720 g/mol. The van der Waals surface area contributed by atoms with Gasteiger partial charge in [0.15, 0.2) is 0 Å². The molecule has 9 rings (SSSR count). The molecular formula is C56H43FN2. The lowest BCUT2D eigenvalue weighted by atomic mass is 9.86. The quantitative estimate of drug-likeness (QED) is 0.146. The number of hydrogen-bond acceptors (Lipinski definition) is 2. The van der Waals surface area contributed by atoms with Crippen molar-refractivity contribution in [2.24, 2.45) is 0 Å². The van der Waals surface area contributed by atoms with Gasteiger partial charge in [0.2, 0.25) is 0 Å². The maximum Gasteiger partial charge on any atom is 0.123 e. The fourth-order valence-electron chi connectivity index (χ4n) is 7.94. The standard InChI is InChI=1S/C56H43FN2/c1-37(2)51-33-55(43-26-28-46(57)29-27-43)58-35-53(51)49-20-12-10-18-47(49)44-30-38(3)31-45(32-44)48-19-11-13-21-50(48)54-36-59-56(42-16-8-5-9-17-42)34-52(54)41-24-22-40(23-25-41)39-14-6-4-7-15-39/h4-37H,1-3H3/i1D3,37D. The summed E-state index contributed by atoms with van der Waals surface area (Å²) in [5.41, 5.74) is 15.9. The van der Waals surface area contributed by atoms with Crippen LogP contribution < -0.4 is 0 Å². The van der Waals surface area contributed by atoms with E-state index in [1.165, 1.54) is 19.1 Å². The molecule has 0 saturated heterocycles. The lowest BCUT2D eigenvalue weighted by Crippen LogP contribution is -1.98. The molecule has 0 amide bonds. The number of hydrogen-bond donors (Lipinski definition) is 0. The third-order valence-electron chi connectivity index (χ3n) is 10.9. The Labute approximate surface area is 352 Å². The Morgan fingerprint density at radius 2 is 0.881 bits per heavy atom. The lowest BCUT2D eigenvalue weighted by Gasteiger charge is -2.19. The number of aryl methyl sites for hydroxylation is 1. The van der Waals surface area contributed by atoms with Gasteiger partial charge in [-0.2, -0.15) is 0 Å². The SMILES string of the molecule is [2H]C([2H])([2H])C([2H])(C)c1cc(-c2ccc(F)cc2)ncc1-c1ccccc1-c1cc(C)cc(-c2ccccc2-c2cnc(-c3ccccc3)cc2-c2ccc(-c3ccccc3)cc2)c1.